The molecule has 3 nitrogen and oxygen atoms in total. The van der Waals surface area contributed by atoms with Crippen LogP contribution < -0.4 is 5.43 Å². The van der Waals surface area contributed by atoms with Gasteiger partial charge in [-0.15, -0.1) is 11.8 Å². The minimum atomic E-state index is -0.297. The summed E-state index contributed by atoms with van der Waals surface area (Å²) in [7, 11) is 0. The topological polar surface area (TPSA) is 41.5 Å². The third-order valence-electron chi connectivity index (χ3n) is 4.77. The fourth-order valence-electron chi connectivity index (χ4n) is 3.38. The predicted octanol–water partition coefficient (Wildman–Crippen LogP) is 5.17. The second-order valence-corrected chi connectivity index (χ2v) is 7.70. The van der Waals surface area contributed by atoms with Crippen LogP contribution in [0.4, 0.5) is 4.39 Å². The van der Waals surface area contributed by atoms with E-state index >= 15 is 0 Å². The highest BCUT2D eigenvalue weighted by Gasteiger charge is 2.28. The highest BCUT2D eigenvalue weighted by molar-refractivity contribution is 8.00. The van der Waals surface area contributed by atoms with Gasteiger partial charge in [-0.25, -0.2) is 9.82 Å². The molecule has 0 unspecified atom stereocenters. The maximum absolute atomic E-state index is 13.0. The number of hydrogen-bond acceptors (Lipinski definition) is 3. The summed E-state index contributed by atoms with van der Waals surface area (Å²) in [6.45, 7) is 1.78. The lowest BCUT2D eigenvalue weighted by molar-refractivity contribution is -0.118. The summed E-state index contributed by atoms with van der Waals surface area (Å²) in [5.74, 6) is -0.157. The maximum Gasteiger partial charge on any atom is 0.250 e. The first kappa shape index (κ1) is 18.4. The van der Waals surface area contributed by atoms with Crippen LogP contribution in [0, 0.1) is 5.82 Å². The standard InChI is InChI=1S/C23H19FN2OS/c1-15(16-10-12-17(24)13-11-16)25-26-22(27)14-28-23-20-8-4-2-6-18(20)19-7-3-5-9-21(19)23/h2-13,23H,14H2,1H3,(H,26,27)/b25-15-. The minimum Gasteiger partial charge on any atom is -0.272 e. The van der Waals surface area contributed by atoms with Crippen molar-refractivity contribution in [3.05, 3.63) is 95.3 Å². The number of hydrazone groups is 1. The second-order valence-electron chi connectivity index (χ2n) is 6.60. The van der Waals surface area contributed by atoms with Crippen LogP contribution in [0.25, 0.3) is 11.1 Å². The number of halogens is 1. The van der Waals surface area contributed by atoms with E-state index in [1.54, 1.807) is 30.8 Å². The summed E-state index contributed by atoms with van der Waals surface area (Å²) in [5.41, 5.74) is 8.97. The lowest BCUT2D eigenvalue weighted by atomic mass is 10.1. The van der Waals surface area contributed by atoms with Crippen molar-refractivity contribution >= 4 is 23.4 Å². The molecule has 5 heteroatoms. The molecule has 0 aliphatic heterocycles. The lowest BCUT2D eigenvalue weighted by Gasteiger charge is -2.12. The van der Waals surface area contributed by atoms with Crippen molar-refractivity contribution in [1.29, 1.82) is 0 Å². The summed E-state index contributed by atoms with van der Waals surface area (Å²) >= 11 is 1.60. The average Bonchev–Trinajstić information content (AvgIpc) is 3.05. The summed E-state index contributed by atoms with van der Waals surface area (Å²) in [4.78, 5) is 12.3. The molecule has 1 amide bonds. The molecule has 0 radical (unpaired) electrons. The third kappa shape index (κ3) is 3.71. The van der Waals surface area contributed by atoms with E-state index in [1.165, 1.54) is 34.4 Å². The average molecular weight is 390 g/mol. The number of rotatable bonds is 5. The van der Waals surface area contributed by atoms with Crippen molar-refractivity contribution in [2.45, 2.75) is 12.2 Å². The van der Waals surface area contributed by atoms with Crippen molar-refractivity contribution in [1.82, 2.24) is 5.43 Å². The number of nitrogens with zero attached hydrogens (tertiary/aromatic N) is 1. The van der Waals surface area contributed by atoms with E-state index in [2.05, 4.69) is 34.8 Å². The molecule has 3 aromatic carbocycles. The van der Waals surface area contributed by atoms with Crippen LogP contribution in [0.5, 0.6) is 0 Å². The summed E-state index contributed by atoms with van der Waals surface area (Å²) in [6.07, 6.45) is 0. The number of benzene rings is 3. The van der Waals surface area contributed by atoms with Crippen LogP contribution in [-0.4, -0.2) is 17.4 Å². The van der Waals surface area contributed by atoms with E-state index in [0.717, 1.165) is 5.56 Å². The van der Waals surface area contributed by atoms with E-state index in [4.69, 9.17) is 0 Å². The zero-order chi connectivity index (χ0) is 19.5. The Bertz CT molecular complexity index is 1000. The van der Waals surface area contributed by atoms with Gasteiger partial charge in [-0.3, -0.25) is 4.79 Å². The monoisotopic (exact) mass is 390 g/mol. The molecular formula is C23H19FN2OS. The molecule has 0 aromatic heterocycles. The van der Waals surface area contributed by atoms with Gasteiger partial charge in [0.15, 0.2) is 0 Å². The number of carbonyl (C=O) groups excluding carboxylic acids is 1. The van der Waals surface area contributed by atoms with Crippen LogP contribution in [0.1, 0.15) is 28.9 Å². The van der Waals surface area contributed by atoms with Crippen molar-refractivity contribution in [3.8, 4) is 11.1 Å². The molecule has 1 aliphatic rings. The quantitative estimate of drug-likeness (QED) is 0.482. The molecule has 3 aromatic rings. The third-order valence-corrected chi connectivity index (χ3v) is 6.04. The molecule has 0 spiro atoms. The van der Waals surface area contributed by atoms with Crippen LogP contribution >= 0.6 is 11.8 Å². The van der Waals surface area contributed by atoms with E-state index in [0.29, 0.717) is 11.5 Å². The first-order chi connectivity index (χ1) is 13.6. The number of fused-ring (bicyclic) bond motifs is 3. The predicted molar refractivity (Wildman–Crippen MR) is 113 cm³/mol. The number of nitrogens with one attached hydrogen (secondary N) is 1. The number of hydrogen-bond donors (Lipinski definition) is 1. The fourth-order valence-corrected chi connectivity index (χ4v) is 4.53. The molecule has 0 saturated heterocycles. The van der Waals surface area contributed by atoms with Crippen molar-refractivity contribution in [2.24, 2.45) is 5.10 Å². The molecule has 140 valence electrons. The molecule has 0 bridgehead atoms. The Kier molecular flexibility index (Phi) is 5.26. The highest BCUT2D eigenvalue weighted by atomic mass is 32.2. The van der Waals surface area contributed by atoms with Crippen LogP contribution in [0.15, 0.2) is 77.9 Å². The Labute approximate surface area is 167 Å². The van der Waals surface area contributed by atoms with E-state index in [1.807, 2.05) is 24.3 Å². The van der Waals surface area contributed by atoms with Gasteiger partial charge < -0.3 is 0 Å². The Hall–Kier alpha value is -2.92. The van der Waals surface area contributed by atoms with E-state index in [9.17, 15) is 9.18 Å². The first-order valence-electron chi connectivity index (χ1n) is 9.02. The maximum atomic E-state index is 13.0. The van der Waals surface area contributed by atoms with Crippen LogP contribution in [-0.2, 0) is 4.79 Å². The molecule has 1 aliphatic carbocycles. The molecule has 28 heavy (non-hydrogen) atoms. The molecular weight excluding hydrogens is 371 g/mol. The summed E-state index contributed by atoms with van der Waals surface area (Å²) < 4.78 is 13.0. The molecule has 0 atom stereocenters. The van der Waals surface area contributed by atoms with E-state index in [-0.39, 0.29) is 17.0 Å². The first-order valence-corrected chi connectivity index (χ1v) is 10.1. The summed E-state index contributed by atoms with van der Waals surface area (Å²) in [6, 6.07) is 22.7. The SMILES string of the molecule is C/C(=N/NC(=O)CSC1c2ccccc2-c2ccccc21)c1ccc(F)cc1. The molecule has 0 heterocycles. The van der Waals surface area contributed by atoms with Gasteiger partial charge in [0.2, 0.25) is 5.91 Å². The fraction of sp³-hybridized carbons (Fsp3) is 0.130. The van der Waals surface area contributed by atoms with E-state index < -0.39 is 0 Å². The Balaban J connectivity index is 1.42. The van der Waals surface area contributed by atoms with Gasteiger partial charge in [0.05, 0.1) is 16.7 Å². The summed E-state index contributed by atoms with van der Waals surface area (Å²) in [5, 5.41) is 4.28. The molecule has 0 saturated carbocycles. The van der Waals surface area contributed by atoms with Crippen LogP contribution in [0.2, 0.25) is 0 Å². The lowest BCUT2D eigenvalue weighted by Crippen LogP contribution is -2.21. The number of amides is 1. The molecule has 0 fully saturated rings. The van der Waals surface area contributed by atoms with Gasteiger partial charge in [0, 0.05) is 0 Å². The van der Waals surface area contributed by atoms with Gasteiger partial charge in [-0.2, -0.15) is 5.10 Å². The zero-order valence-electron chi connectivity index (χ0n) is 15.4. The van der Waals surface area contributed by atoms with Gasteiger partial charge in [0.1, 0.15) is 5.82 Å². The Morgan fingerprint density at radius 3 is 2.14 bits per heavy atom. The largest absolute Gasteiger partial charge is 0.272 e. The number of carbonyl (C=O) groups is 1. The smallest absolute Gasteiger partial charge is 0.250 e. The Morgan fingerprint density at radius 2 is 1.54 bits per heavy atom. The van der Waals surface area contributed by atoms with Crippen LogP contribution in [0.3, 0.4) is 0 Å². The molecule has 1 N–H and O–H groups in total. The molecule has 4 rings (SSSR count). The van der Waals surface area contributed by atoms with Crippen molar-refractivity contribution in [3.63, 3.8) is 0 Å². The zero-order valence-corrected chi connectivity index (χ0v) is 16.2. The Morgan fingerprint density at radius 1 is 0.964 bits per heavy atom. The normalized spacial score (nSPS) is 13.1. The number of thioether (sulfide) groups is 1. The van der Waals surface area contributed by atoms with Gasteiger partial charge in [0.25, 0.3) is 0 Å². The highest BCUT2D eigenvalue weighted by Crippen LogP contribution is 2.49. The van der Waals surface area contributed by atoms with Gasteiger partial charge >= 0.3 is 0 Å². The van der Waals surface area contributed by atoms with Crippen molar-refractivity contribution in [2.75, 3.05) is 5.75 Å². The van der Waals surface area contributed by atoms with Crippen molar-refractivity contribution < 1.29 is 9.18 Å². The minimum absolute atomic E-state index is 0.139. The van der Waals surface area contributed by atoms with Gasteiger partial charge in [-0.1, -0.05) is 60.7 Å². The second kappa shape index (κ2) is 7.98. The van der Waals surface area contributed by atoms with Gasteiger partial charge in [-0.05, 0) is 46.9 Å².